The van der Waals surface area contributed by atoms with Gasteiger partial charge < -0.3 is 9.84 Å². The van der Waals surface area contributed by atoms with E-state index in [0.29, 0.717) is 19.4 Å². The molecule has 0 aliphatic heterocycles. The third kappa shape index (κ3) is 12.7. The molecule has 0 aliphatic rings. The monoisotopic (exact) mass is 298 g/mol. The number of hydrogen-bond acceptors (Lipinski definition) is 2. The topological polar surface area (TPSA) is 29.5 Å². The summed E-state index contributed by atoms with van der Waals surface area (Å²) in [6.07, 6.45) is 2.31. The van der Waals surface area contributed by atoms with Crippen molar-refractivity contribution in [1.29, 1.82) is 0 Å². The Kier molecular flexibility index (Phi) is 12.3. The van der Waals surface area contributed by atoms with Gasteiger partial charge in [0.2, 0.25) is 0 Å². The summed E-state index contributed by atoms with van der Waals surface area (Å²) in [6, 6.07) is 0. The van der Waals surface area contributed by atoms with Crippen LogP contribution in [0, 0.1) is 0 Å². The molecule has 0 bridgehead atoms. The molecule has 1 atom stereocenters. The van der Waals surface area contributed by atoms with Crippen LogP contribution in [0.2, 0.25) is 0 Å². The van der Waals surface area contributed by atoms with Crippen LogP contribution in [-0.2, 0) is 4.74 Å². The summed E-state index contributed by atoms with van der Waals surface area (Å²) < 4.78 is 41.4. The van der Waals surface area contributed by atoms with Crippen molar-refractivity contribution in [3.63, 3.8) is 0 Å². The largest absolute Gasteiger partial charge is 0.414 e. The van der Waals surface area contributed by atoms with Gasteiger partial charge in [0, 0.05) is 13.2 Å². The maximum Gasteiger partial charge on any atom is 0.414 e. The third-order valence-corrected chi connectivity index (χ3v) is 3.29. The Balaban J connectivity index is 3.14. The zero-order valence-electron chi connectivity index (χ0n) is 12.6. The summed E-state index contributed by atoms with van der Waals surface area (Å²) in [5.74, 6) is 0. The number of hydrogen-bond donors (Lipinski definition) is 1. The molecule has 0 rings (SSSR count). The van der Waals surface area contributed by atoms with E-state index >= 15 is 0 Å². The maximum absolute atomic E-state index is 12.0. The van der Waals surface area contributed by atoms with Gasteiger partial charge in [-0.05, 0) is 19.3 Å². The van der Waals surface area contributed by atoms with Crippen molar-refractivity contribution in [1.82, 2.24) is 0 Å². The molecule has 0 radical (unpaired) electrons. The molecular formula is C15H29F3O2. The van der Waals surface area contributed by atoms with Crippen LogP contribution in [0.15, 0.2) is 0 Å². The van der Waals surface area contributed by atoms with Gasteiger partial charge in [-0.1, -0.05) is 51.9 Å². The van der Waals surface area contributed by atoms with Crippen molar-refractivity contribution in [2.45, 2.75) is 83.4 Å². The highest BCUT2D eigenvalue weighted by Gasteiger charge is 2.37. The number of ether oxygens (including phenoxy) is 1. The van der Waals surface area contributed by atoms with Crippen LogP contribution in [0.4, 0.5) is 13.2 Å². The first-order valence-corrected chi connectivity index (χ1v) is 7.81. The molecule has 0 saturated heterocycles. The van der Waals surface area contributed by atoms with E-state index in [1.165, 1.54) is 32.1 Å². The van der Waals surface area contributed by atoms with Crippen molar-refractivity contribution in [2.24, 2.45) is 0 Å². The van der Waals surface area contributed by atoms with Crippen molar-refractivity contribution in [3.8, 4) is 0 Å². The van der Waals surface area contributed by atoms with Crippen LogP contribution in [0.3, 0.4) is 0 Å². The molecule has 0 aromatic heterocycles. The first-order chi connectivity index (χ1) is 9.48. The van der Waals surface area contributed by atoms with Gasteiger partial charge in [0.25, 0.3) is 0 Å². The highest BCUT2D eigenvalue weighted by atomic mass is 19.4. The van der Waals surface area contributed by atoms with Crippen molar-refractivity contribution >= 4 is 0 Å². The highest BCUT2D eigenvalue weighted by molar-refractivity contribution is 4.64. The summed E-state index contributed by atoms with van der Waals surface area (Å²) in [7, 11) is 0. The lowest BCUT2D eigenvalue weighted by Gasteiger charge is -2.13. The number of aliphatic hydroxyl groups is 1. The normalized spacial score (nSPS) is 13.7. The molecule has 20 heavy (non-hydrogen) atoms. The predicted molar refractivity (Wildman–Crippen MR) is 74.7 cm³/mol. The van der Waals surface area contributed by atoms with Crippen molar-refractivity contribution in [3.05, 3.63) is 0 Å². The van der Waals surface area contributed by atoms with Gasteiger partial charge >= 0.3 is 6.18 Å². The molecule has 0 heterocycles. The molecule has 2 nitrogen and oxygen atoms in total. The van der Waals surface area contributed by atoms with Crippen LogP contribution < -0.4 is 0 Å². The number of aliphatic hydroxyl groups excluding tert-OH is 1. The fraction of sp³-hybridized carbons (Fsp3) is 1.00. The lowest BCUT2D eigenvalue weighted by atomic mass is 10.1. The van der Waals surface area contributed by atoms with Crippen LogP contribution in [0.1, 0.15) is 71.1 Å². The average Bonchev–Trinajstić information content (AvgIpc) is 2.38. The van der Waals surface area contributed by atoms with E-state index in [1.807, 2.05) is 0 Å². The summed E-state index contributed by atoms with van der Waals surface area (Å²) >= 11 is 0. The van der Waals surface area contributed by atoms with Crippen LogP contribution in [0.5, 0.6) is 0 Å². The molecule has 0 amide bonds. The highest BCUT2D eigenvalue weighted by Crippen LogP contribution is 2.23. The summed E-state index contributed by atoms with van der Waals surface area (Å²) in [5, 5.41) is 8.79. The maximum atomic E-state index is 12.0. The fourth-order valence-electron chi connectivity index (χ4n) is 1.97. The second-order valence-electron chi connectivity index (χ2n) is 5.29. The SMILES string of the molecule is CCCCCCCCOCCCCCC(O)C(F)(F)F. The molecule has 5 heteroatoms. The average molecular weight is 298 g/mol. The Morgan fingerprint density at radius 3 is 1.90 bits per heavy atom. The zero-order chi connectivity index (χ0) is 15.3. The van der Waals surface area contributed by atoms with E-state index in [-0.39, 0.29) is 6.42 Å². The molecule has 0 aliphatic carbocycles. The minimum absolute atomic E-state index is 0.207. The van der Waals surface area contributed by atoms with E-state index in [9.17, 15) is 13.2 Å². The van der Waals surface area contributed by atoms with Crippen LogP contribution >= 0.6 is 0 Å². The van der Waals surface area contributed by atoms with Crippen LogP contribution in [0.25, 0.3) is 0 Å². The first kappa shape index (κ1) is 19.7. The first-order valence-electron chi connectivity index (χ1n) is 7.81. The lowest BCUT2D eigenvalue weighted by Crippen LogP contribution is -2.28. The van der Waals surface area contributed by atoms with Gasteiger partial charge in [-0.25, -0.2) is 0 Å². The fourth-order valence-corrected chi connectivity index (χ4v) is 1.97. The number of unbranched alkanes of at least 4 members (excludes halogenated alkanes) is 7. The molecular weight excluding hydrogens is 269 g/mol. The molecule has 1 unspecified atom stereocenters. The molecule has 122 valence electrons. The Labute approximate surface area is 120 Å². The summed E-state index contributed by atoms with van der Waals surface area (Å²) in [5.41, 5.74) is 0. The number of halogens is 3. The molecule has 0 aromatic rings. The summed E-state index contributed by atoms with van der Waals surface area (Å²) in [6.45, 7) is 3.55. The van der Waals surface area contributed by atoms with E-state index in [4.69, 9.17) is 9.84 Å². The molecule has 0 fully saturated rings. The minimum atomic E-state index is -4.48. The van der Waals surface area contributed by atoms with Gasteiger partial charge in [0.1, 0.15) is 6.10 Å². The smallest absolute Gasteiger partial charge is 0.384 e. The van der Waals surface area contributed by atoms with Crippen molar-refractivity contribution < 1.29 is 23.0 Å². The van der Waals surface area contributed by atoms with Gasteiger partial charge in [0.05, 0.1) is 0 Å². The van der Waals surface area contributed by atoms with Gasteiger partial charge in [0.15, 0.2) is 0 Å². The van der Waals surface area contributed by atoms with Gasteiger partial charge in [-0.3, -0.25) is 0 Å². The Morgan fingerprint density at radius 1 is 0.850 bits per heavy atom. The van der Waals surface area contributed by atoms with Gasteiger partial charge in [-0.2, -0.15) is 13.2 Å². The Bertz CT molecular complexity index is 208. The van der Waals surface area contributed by atoms with E-state index in [0.717, 1.165) is 19.4 Å². The molecule has 0 aromatic carbocycles. The van der Waals surface area contributed by atoms with Crippen LogP contribution in [-0.4, -0.2) is 30.6 Å². The molecule has 1 N–H and O–H groups in total. The molecule has 0 spiro atoms. The number of alkyl halides is 3. The Morgan fingerprint density at radius 2 is 1.35 bits per heavy atom. The lowest BCUT2D eigenvalue weighted by molar-refractivity contribution is -0.205. The van der Waals surface area contributed by atoms with Crippen molar-refractivity contribution in [2.75, 3.05) is 13.2 Å². The van der Waals surface area contributed by atoms with E-state index in [1.54, 1.807) is 0 Å². The van der Waals surface area contributed by atoms with Gasteiger partial charge in [-0.15, -0.1) is 0 Å². The summed E-state index contributed by atoms with van der Waals surface area (Å²) in [4.78, 5) is 0. The quantitative estimate of drug-likeness (QED) is 0.493. The standard InChI is InChI=1S/C15H29F3O2/c1-2-3-4-5-6-9-12-20-13-10-7-8-11-14(19)15(16,17)18/h14,19H,2-13H2,1H3. The second-order valence-corrected chi connectivity index (χ2v) is 5.29. The zero-order valence-corrected chi connectivity index (χ0v) is 12.6. The second kappa shape index (κ2) is 12.5. The number of rotatable bonds is 13. The van der Waals surface area contributed by atoms with E-state index in [2.05, 4.69) is 6.92 Å². The van der Waals surface area contributed by atoms with E-state index < -0.39 is 12.3 Å². The third-order valence-electron chi connectivity index (χ3n) is 3.29. The Hall–Kier alpha value is -0.290. The molecule has 0 saturated carbocycles. The predicted octanol–water partition coefficient (Wildman–Crippen LogP) is 4.85. The minimum Gasteiger partial charge on any atom is -0.384 e.